The summed E-state index contributed by atoms with van der Waals surface area (Å²) in [6, 6.07) is 4.41. The maximum absolute atomic E-state index is 12.3. The van der Waals surface area contributed by atoms with E-state index in [1.807, 2.05) is 0 Å². The summed E-state index contributed by atoms with van der Waals surface area (Å²) in [5.74, 6) is -1.84. The lowest BCUT2D eigenvalue weighted by molar-refractivity contribution is -0.126. The van der Waals surface area contributed by atoms with E-state index in [9.17, 15) is 14.7 Å². The number of aromatic hydroxyl groups is 1. The number of nitrogens with one attached hydrogen (secondary N) is 2. The third-order valence-electron chi connectivity index (χ3n) is 3.57. The average molecular weight is 363 g/mol. The molecule has 1 rings (SSSR count). The maximum Gasteiger partial charge on any atom is 0.237 e. The lowest BCUT2D eigenvalue weighted by atomic mass is 10.0. The standard InChI is InChI=1S/C16H25N7O3/c17-11(8-9-3-5-10(24)6-4-9)15(26)23-12(13(25)14(18)19)2-1-7-22-16(20)21/h3-6,11-12,24H,1-2,7-8,17H2,(H3,18,19)(H,23,26)(H4,20,21,22)/t11-,12+/m0/s1. The van der Waals surface area contributed by atoms with E-state index in [0.29, 0.717) is 6.42 Å². The number of phenolic OH excluding ortho intramolecular Hbond substituents is 1. The van der Waals surface area contributed by atoms with Crippen LogP contribution in [0.5, 0.6) is 5.75 Å². The van der Waals surface area contributed by atoms with Crippen molar-refractivity contribution < 1.29 is 14.7 Å². The first-order valence-electron chi connectivity index (χ1n) is 7.98. The summed E-state index contributed by atoms with van der Waals surface area (Å²) in [6.45, 7) is 0.277. The van der Waals surface area contributed by atoms with E-state index in [0.717, 1.165) is 5.56 Å². The van der Waals surface area contributed by atoms with Gasteiger partial charge in [0.1, 0.15) is 5.75 Å². The first-order valence-corrected chi connectivity index (χ1v) is 7.98. The topological polar surface area (TPSA) is 207 Å². The molecule has 0 aromatic heterocycles. The number of benzene rings is 1. The fraction of sp³-hybridized carbons (Fsp3) is 0.375. The number of nitrogens with zero attached hydrogens (tertiary/aromatic N) is 1. The Morgan fingerprint density at radius 1 is 1.19 bits per heavy atom. The number of Topliss-reactive ketones (excluding diaryl/α,β-unsaturated/α-hetero) is 1. The van der Waals surface area contributed by atoms with Crippen LogP contribution in [0, 0.1) is 5.41 Å². The first-order chi connectivity index (χ1) is 12.2. The molecule has 0 fully saturated rings. The number of amidine groups is 1. The molecule has 26 heavy (non-hydrogen) atoms. The summed E-state index contributed by atoms with van der Waals surface area (Å²) >= 11 is 0. The van der Waals surface area contributed by atoms with Crippen molar-refractivity contribution in [1.82, 2.24) is 5.32 Å². The van der Waals surface area contributed by atoms with Gasteiger partial charge in [0, 0.05) is 6.54 Å². The Kier molecular flexibility index (Phi) is 8.03. The fourth-order valence-electron chi connectivity index (χ4n) is 2.22. The van der Waals surface area contributed by atoms with Crippen LogP contribution in [-0.2, 0) is 16.0 Å². The van der Waals surface area contributed by atoms with Gasteiger partial charge >= 0.3 is 0 Å². The second-order valence-electron chi connectivity index (χ2n) is 5.76. The monoisotopic (exact) mass is 363 g/mol. The second kappa shape index (κ2) is 9.99. The number of carbonyl (C=O) groups is 2. The van der Waals surface area contributed by atoms with Gasteiger partial charge in [0.2, 0.25) is 11.7 Å². The lowest BCUT2D eigenvalue weighted by Crippen LogP contribution is -2.51. The molecule has 11 N–H and O–H groups in total. The van der Waals surface area contributed by atoms with Crippen LogP contribution in [0.25, 0.3) is 0 Å². The third kappa shape index (κ3) is 7.18. The lowest BCUT2D eigenvalue weighted by Gasteiger charge is -2.19. The van der Waals surface area contributed by atoms with Crippen molar-refractivity contribution in [2.45, 2.75) is 31.3 Å². The fourth-order valence-corrected chi connectivity index (χ4v) is 2.22. The molecule has 10 heteroatoms. The van der Waals surface area contributed by atoms with E-state index < -0.39 is 29.6 Å². The molecule has 142 valence electrons. The van der Waals surface area contributed by atoms with Gasteiger partial charge in [-0.05, 0) is 37.0 Å². The molecule has 0 aliphatic rings. The molecular weight excluding hydrogens is 338 g/mol. The van der Waals surface area contributed by atoms with Crippen LogP contribution < -0.4 is 28.3 Å². The minimum atomic E-state index is -0.972. The van der Waals surface area contributed by atoms with Crippen molar-refractivity contribution in [1.29, 1.82) is 5.41 Å². The molecule has 0 aliphatic heterocycles. The molecule has 0 saturated heterocycles. The van der Waals surface area contributed by atoms with Crippen LogP contribution >= 0.6 is 0 Å². The van der Waals surface area contributed by atoms with Gasteiger partial charge in [-0.25, -0.2) is 0 Å². The Labute approximate surface area is 151 Å². The summed E-state index contributed by atoms with van der Waals surface area (Å²) in [5.41, 5.74) is 22.3. The Morgan fingerprint density at radius 2 is 1.81 bits per heavy atom. The predicted molar refractivity (Wildman–Crippen MR) is 98.5 cm³/mol. The van der Waals surface area contributed by atoms with Crippen LogP contribution in [0.1, 0.15) is 18.4 Å². The number of hydrogen-bond acceptors (Lipinski definition) is 6. The van der Waals surface area contributed by atoms with Gasteiger partial charge in [-0.15, -0.1) is 0 Å². The Bertz CT molecular complexity index is 669. The normalized spacial score (nSPS) is 12.7. The Balaban J connectivity index is 2.67. The van der Waals surface area contributed by atoms with Gasteiger partial charge in [-0.3, -0.25) is 20.0 Å². The highest BCUT2D eigenvalue weighted by Gasteiger charge is 2.25. The van der Waals surface area contributed by atoms with Gasteiger partial charge in [-0.1, -0.05) is 12.1 Å². The van der Waals surface area contributed by atoms with Crippen LogP contribution in [0.4, 0.5) is 0 Å². The molecular formula is C16H25N7O3. The van der Waals surface area contributed by atoms with E-state index in [4.69, 9.17) is 28.3 Å². The Hall–Kier alpha value is -3.14. The number of nitrogens with two attached hydrogens (primary N) is 4. The van der Waals surface area contributed by atoms with Gasteiger partial charge in [0.15, 0.2) is 11.8 Å². The average Bonchev–Trinajstić information content (AvgIpc) is 2.58. The van der Waals surface area contributed by atoms with E-state index in [1.54, 1.807) is 12.1 Å². The minimum absolute atomic E-state index is 0.0700. The number of aliphatic imine (C=N–C) groups is 1. The summed E-state index contributed by atoms with van der Waals surface area (Å²) in [5, 5.41) is 19.1. The van der Waals surface area contributed by atoms with Crippen molar-refractivity contribution in [3.05, 3.63) is 29.8 Å². The first kappa shape index (κ1) is 20.9. The van der Waals surface area contributed by atoms with Gasteiger partial charge in [0.25, 0.3) is 0 Å². The molecule has 1 aromatic carbocycles. The highest BCUT2D eigenvalue weighted by Crippen LogP contribution is 2.11. The van der Waals surface area contributed by atoms with Crippen molar-refractivity contribution in [3.8, 4) is 5.75 Å². The summed E-state index contributed by atoms with van der Waals surface area (Å²) in [4.78, 5) is 28.1. The number of phenols is 1. The number of ketones is 1. The smallest absolute Gasteiger partial charge is 0.237 e. The number of carbonyl (C=O) groups excluding carboxylic acids is 2. The summed E-state index contributed by atoms with van der Waals surface area (Å²) in [7, 11) is 0. The number of guanidine groups is 1. The molecule has 10 nitrogen and oxygen atoms in total. The number of rotatable bonds is 10. The van der Waals surface area contributed by atoms with Gasteiger partial charge in [-0.2, -0.15) is 0 Å². The van der Waals surface area contributed by atoms with E-state index in [2.05, 4.69) is 10.3 Å². The molecule has 0 heterocycles. The van der Waals surface area contributed by atoms with E-state index >= 15 is 0 Å². The second-order valence-corrected chi connectivity index (χ2v) is 5.76. The Morgan fingerprint density at radius 3 is 2.35 bits per heavy atom. The predicted octanol–water partition coefficient (Wildman–Crippen LogP) is -1.69. The van der Waals surface area contributed by atoms with Crippen molar-refractivity contribution in [2.75, 3.05) is 6.54 Å². The summed E-state index contributed by atoms with van der Waals surface area (Å²) in [6.07, 6.45) is 0.850. The van der Waals surface area contributed by atoms with E-state index in [1.165, 1.54) is 12.1 Å². The SMILES string of the molecule is N=C(N)C(=O)[C@@H](CCCN=C(N)N)NC(=O)[C@@H](N)Cc1ccc(O)cc1. The zero-order chi connectivity index (χ0) is 19.7. The number of hydrogen-bond donors (Lipinski definition) is 7. The molecule has 0 spiro atoms. The highest BCUT2D eigenvalue weighted by atomic mass is 16.3. The van der Waals surface area contributed by atoms with E-state index in [-0.39, 0.29) is 31.1 Å². The molecule has 0 aliphatic carbocycles. The minimum Gasteiger partial charge on any atom is -0.508 e. The highest BCUT2D eigenvalue weighted by molar-refractivity contribution is 6.39. The molecule has 0 bridgehead atoms. The molecule has 0 radical (unpaired) electrons. The maximum atomic E-state index is 12.3. The van der Waals surface area contributed by atoms with Crippen molar-refractivity contribution in [3.63, 3.8) is 0 Å². The van der Waals surface area contributed by atoms with Crippen LogP contribution in [0.15, 0.2) is 29.3 Å². The van der Waals surface area contributed by atoms with Gasteiger partial charge in [0.05, 0.1) is 12.1 Å². The van der Waals surface area contributed by atoms with Crippen LogP contribution in [0.3, 0.4) is 0 Å². The van der Waals surface area contributed by atoms with Crippen molar-refractivity contribution in [2.24, 2.45) is 27.9 Å². The van der Waals surface area contributed by atoms with Crippen molar-refractivity contribution >= 4 is 23.5 Å². The molecule has 2 atom stereocenters. The zero-order valence-electron chi connectivity index (χ0n) is 14.3. The quantitative estimate of drug-likeness (QED) is 0.145. The van der Waals surface area contributed by atoms with Crippen LogP contribution in [0.2, 0.25) is 0 Å². The van der Waals surface area contributed by atoms with Crippen LogP contribution in [-0.4, -0.2) is 47.2 Å². The summed E-state index contributed by atoms with van der Waals surface area (Å²) < 4.78 is 0. The molecule has 0 saturated carbocycles. The molecule has 0 unspecified atom stereocenters. The molecule has 1 amide bonds. The largest absolute Gasteiger partial charge is 0.508 e. The third-order valence-corrected chi connectivity index (χ3v) is 3.57. The number of amides is 1. The van der Waals surface area contributed by atoms with Gasteiger partial charge < -0.3 is 33.4 Å². The zero-order valence-corrected chi connectivity index (χ0v) is 14.3. The molecule has 1 aromatic rings.